The Balaban J connectivity index is 3.18. The first-order valence-corrected chi connectivity index (χ1v) is 4.01. The molecule has 1 aliphatic rings. The van der Waals surface area contributed by atoms with Gasteiger partial charge in [0.15, 0.2) is 5.78 Å². The molecule has 0 atom stereocenters. The molecule has 0 radical (unpaired) electrons. The van der Waals surface area contributed by atoms with Crippen LogP contribution in [0.5, 0.6) is 0 Å². The highest BCUT2D eigenvalue weighted by molar-refractivity contribution is 6.12. The summed E-state index contributed by atoms with van der Waals surface area (Å²) in [6.07, 6.45) is 0.973. The molecule has 0 N–H and O–H groups in total. The van der Waals surface area contributed by atoms with E-state index >= 15 is 0 Å². The number of carbonyl (C=O) groups excluding carboxylic acids is 1. The van der Waals surface area contributed by atoms with Crippen molar-refractivity contribution in [1.29, 1.82) is 0 Å². The van der Waals surface area contributed by atoms with Crippen LogP contribution in [-0.4, -0.2) is 5.78 Å². The average molecular weight is 150 g/mol. The fourth-order valence-electron chi connectivity index (χ4n) is 1.63. The lowest BCUT2D eigenvalue weighted by Gasteiger charge is -1.99. The fraction of sp³-hybridized carbons (Fsp3) is 0.500. The molecular weight excluding hydrogens is 136 g/mol. The second kappa shape index (κ2) is 2.65. The molecule has 1 heteroatoms. The van der Waals surface area contributed by atoms with E-state index in [2.05, 4.69) is 6.92 Å². The monoisotopic (exact) mass is 150 g/mol. The minimum atomic E-state index is 0.236. The zero-order valence-corrected chi connectivity index (χ0v) is 7.62. The van der Waals surface area contributed by atoms with Crippen LogP contribution in [0.3, 0.4) is 0 Å². The number of ketones is 1. The Morgan fingerprint density at radius 1 is 1.00 bits per heavy atom. The van der Waals surface area contributed by atoms with Gasteiger partial charge in [-0.1, -0.05) is 6.92 Å². The lowest BCUT2D eigenvalue weighted by Crippen LogP contribution is -1.95. The van der Waals surface area contributed by atoms with Gasteiger partial charge in [-0.2, -0.15) is 0 Å². The molecule has 0 aromatic heterocycles. The lowest BCUT2D eigenvalue weighted by atomic mass is 10.1. The van der Waals surface area contributed by atoms with Gasteiger partial charge in [0, 0.05) is 5.57 Å². The second-order valence-electron chi connectivity index (χ2n) is 3.04. The third-order valence-corrected chi connectivity index (χ3v) is 2.50. The summed E-state index contributed by atoms with van der Waals surface area (Å²) in [5.41, 5.74) is 4.31. The summed E-state index contributed by atoms with van der Waals surface area (Å²) in [5.74, 6) is 0.236. The van der Waals surface area contributed by atoms with E-state index in [1.807, 2.05) is 20.8 Å². The smallest absolute Gasteiger partial charge is 0.184 e. The molecule has 1 nitrogen and oxygen atoms in total. The van der Waals surface area contributed by atoms with Crippen molar-refractivity contribution in [3.8, 4) is 0 Å². The topological polar surface area (TPSA) is 17.1 Å². The molecule has 1 rings (SSSR count). The minimum Gasteiger partial charge on any atom is -0.289 e. The summed E-state index contributed by atoms with van der Waals surface area (Å²) in [6, 6.07) is 0. The highest BCUT2D eigenvalue weighted by Crippen LogP contribution is 2.30. The molecule has 0 fully saturated rings. The summed E-state index contributed by atoms with van der Waals surface area (Å²) in [7, 11) is 0. The molecule has 0 spiro atoms. The fourth-order valence-corrected chi connectivity index (χ4v) is 1.63. The van der Waals surface area contributed by atoms with Gasteiger partial charge in [0.05, 0.1) is 0 Å². The maximum Gasteiger partial charge on any atom is 0.184 e. The lowest BCUT2D eigenvalue weighted by molar-refractivity contribution is -0.112. The summed E-state index contributed by atoms with van der Waals surface area (Å²) < 4.78 is 0. The van der Waals surface area contributed by atoms with Crippen molar-refractivity contribution in [3.05, 3.63) is 22.3 Å². The zero-order chi connectivity index (χ0) is 8.59. The minimum absolute atomic E-state index is 0.236. The van der Waals surface area contributed by atoms with E-state index in [0.717, 1.165) is 17.6 Å². The molecule has 60 valence electrons. The maximum atomic E-state index is 11.4. The van der Waals surface area contributed by atoms with E-state index < -0.39 is 0 Å². The largest absolute Gasteiger partial charge is 0.289 e. The highest BCUT2D eigenvalue weighted by Gasteiger charge is 2.22. The van der Waals surface area contributed by atoms with Crippen LogP contribution >= 0.6 is 0 Å². The van der Waals surface area contributed by atoms with Gasteiger partial charge in [0.25, 0.3) is 0 Å². The molecule has 0 amide bonds. The third-order valence-electron chi connectivity index (χ3n) is 2.50. The number of rotatable bonds is 1. The number of hydrogen-bond donors (Lipinski definition) is 0. The predicted molar refractivity (Wildman–Crippen MR) is 46.4 cm³/mol. The summed E-state index contributed by atoms with van der Waals surface area (Å²) >= 11 is 0. The van der Waals surface area contributed by atoms with Gasteiger partial charge in [0.1, 0.15) is 0 Å². The Bertz CT molecular complexity index is 267. The second-order valence-corrected chi connectivity index (χ2v) is 3.04. The molecule has 0 unspecified atom stereocenters. The van der Waals surface area contributed by atoms with Gasteiger partial charge >= 0.3 is 0 Å². The molecule has 1 aliphatic carbocycles. The normalized spacial score (nSPS) is 18.7. The van der Waals surface area contributed by atoms with E-state index in [-0.39, 0.29) is 5.78 Å². The summed E-state index contributed by atoms with van der Waals surface area (Å²) in [5, 5.41) is 0. The number of Topliss-reactive ketones (excluding diaryl/α,β-unsaturated/α-hetero) is 1. The first-order chi connectivity index (χ1) is 5.09. The van der Waals surface area contributed by atoms with Crippen LogP contribution < -0.4 is 0 Å². The van der Waals surface area contributed by atoms with Crippen molar-refractivity contribution >= 4 is 5.78 Å². The van der Waals surface area contributed by atoms with Crippen LogP contribution in [0.15, 0.2) is 22.3 Å². The van der Waals surface area contributed by atoms with E-state index in [1.54, 1.807) is 0 Å². The quantitative estimate of drug-likeness (QED) is 0.561. The van der Waals surface area contributed by atoms with Crippen LogP contribution in [0.1, 0.15) is 34.1 Å². The van der Waals surface area contributed by atoms with Crippen molar-refractivity contribution in [2.75, 3.05) is 0 Å². The van der Waals surface area contributed by atoms with Crippen molar-refractivity contribution in [3.63, 3.8) is 0 Å². The molecule has 0 saturated carbocycles. The molecule has 0 aromatic carbocycles. The highest BCUT2D eigenvalue weighted by atomic mass is 16.1. The Morgan fingerprint density at radius 2 is 1.55 bits per heavy atom. The molecule has 0 aromatic rings. The predicted octanol–water partition coefficient (Wildman–Crippen LogP) is 2.63. The van der Waals surface area contributed by atoms with Gasteiger partial charge in [0.2, 0.25) is 0 Å². The van der Waals surface area contributed by atoms with Gasteiger partial charge in [-0.15, -0.1) is 0 Å². The van der Waals surface area contributed by atoms with E-state index in [1.165, 1.54) is 11.1 Å². The van der Waals surface area contributed by atoms with E-state index in [0.29, 0.717) is 0 Å². The Kier molecular flexibility index (Phi) is 1.99. The average Bonchev–Trinajstić information content (AvgIpc) is 2.17. The Hall–Kier alpha value is -0.850. The number of hydrogen-bond acceptors (Lipinski definition) is 1. The first-order valence-electron chi connectivity index (χ1n) is 4.01. The van der Waals surface area contributed by atoms with Gasteiger partial charge in [-0.05, 0) is 43.9 Å². The van der Waals surface area contributed by atoms with Crippen LogP contribution in [0, 0.1) is 0 Å². The number of allylic oxidation sites excluding steroid dienone is 4. The standard InChI is InChI=1S/C10H14O/c1-5-9-6(2)7(3)10(11)8(9)4/h5H2,1-4H3. The van der Waals surface area contributed by atoms with Crippen LogP contribution in [0.4, 0.5) is 0 Å². The Labute approximate surface area is 67.8 Å². The van der Waals surface area contributed by atoms with Gasteiger partial charge < -0.3 is 0 Å². The maximum absolute atomic E-state index is 11.4. The summed E-state index contributed by atoms with van der Waals surface area (Å²) in [4.78, 5) is 11.4. The molecule has 0 saturated heterocycles. The van der Waals surface area contributed by atoms with Crippen molar-refractivity contribution < 1.29 is 4.79 Å². The molecule has 0 bridgehead atoms. The molecule has 11 heavy (non-hydrogen) atoms. The summed E-state index contributed by atoms with van der Waals surface area (Å²) in [6.45, 7) is 7.95. The first kappa shape index (κ1) is 8.25. The molecule has 0 aliphatic heterocycles. The van der Waals surface area contributed by atoms with Gasteiger partial charge in [-0.3, -0.25) is 4.79 Å². The van der Waals surface area contributed by atoms with Crippen molar-refractivity contribution in [1.82, 2.24) is 0 Å². The van der Waals surface area contributed by atoms with Crippen LogP contribution in [-0.2, 0) is 4.79 Å². The SMILES string of the molecule is CCC1=C(C)C(=O)C(C)=C1C. The van der Waals surface area contributed by atoms with E-state index in [9.17, 15) is 4.79 Å². The van der Waals surface area contributed by atoms with Crippen molar-refractivity contribution in [2.24, 2.45) is 0 Å². The van der Waals surface area contributed by atoms with Crippen molar-refractivity contribution in [2.45, 2.75) is 34.1 Å². The van der Waals surface area contributed by atoms with Gasteiger partial charge in [-0.25, -0.2) is 0 Å². The molecule has 0 heterocycles. The Morgan fingerprint density at radius 3 is 1.73 bits per heavy atom. The van der Waals surface area contributed by atoms with Crippen LogP contribution in [0.2, 0.25) is 0 Å². The zero-order valence-electron chi connectivity index (χ0n) is 7.62. The van der Waals surface area contributed by atoms with E-state index in [4.69, 9.17) is 0 Å². The molecular formula is C10H14O. The van der Waals surface area contributed by atoms with Crippen LogP contribution in [0.25, 0.3) is 0 Å². The third kappa shape index (κ3) is 1.05. The number of carbonyl (C=O) groups is 1.